The van der Waals surface area contributed by atoms with Crippen LogP contribution in [-0.4, -0.2) is 16.7 Å². The Morgan fingerprint density at radius 2 is 2.16 bits per heavy atom. The van der Waals surface area contributed by atoms with Crippen molar-refractivity contribution in [2.45, 2.75) is 20.3 Å². The van der Waals surface area contributed by atoms with Crippen molar-refractivity contribution in [3.05, 3.63) is 35.2 Å². The molecule has 1 aromatic heterocycles. The molecule has 4 nitrogen and oxygen atoms in total. The Labute approximate surface area is 113 Å². The fourth-order valence-corrected chi connectivity index (χ4v) is 2.08. The van der Waals surface area contributed by atoms with Crippen LogP contribution in [0.5, 0.6) is 5.75 Å². The minimum Gasteiger partial charge on any atom is -0.496 e. The number of hydrogen-bond acceptors (Lipinski definition) is 3. The maximum Gasteiger partial charge on any atom is 0.162 e. The normalized spacial score (nSPS) is 10.3. The van der Waals surface area contributed by atoms with Gasteiger partial charge in [0.2, 0.25) is 0 Å². The van der Waals surface area contributed by atoms with E-state index in [0.29, 0.717) is 5.69 Å². The Morgan fingerprint density at radius 3 is 2.68 bits per heavy atom. The molecule has 0 saturated heterocycles. The molecule has 1 aromatic carbocycles. The first-order valence-corrected chi connectivity index (χ1v) is 6.23. The molecular weight excluding hydrogens is 238 g/mol. The molecule has 0 fully saturated rings. The van der Waals surface area contributed by atoms with Crippen LogP contribution >= 0.6 is 0 Å². The summed E-state index contributed by atoms with van der Waals surface area (Å²) in [4.78, 5) is 4.40. The summed E-state index contributed by atoms with van der Waals surface area (Å²) < 4.78 is 7.33. The monoisotopic (exact) mass is 255 g/mol. The molecule has 0 aliphatic carbocycles. The summed E-state index contributed by atoms with van der Waals surface area (Å²) in [5.74, 6) is 1.54. The zero-order valence-electron chi connectivity index (χ0n) is 11.7. The lowest BCUT2D eigenvalue weighted by Crippen LogP contribution is -1.98. The second kappa shape index (κ2) is 5.15. The largest absolute Gasteiger partial charge is 0.496 e. The third-order valence-electron chi connectivity index (χ3n) is 3.40. The van der Waals surface area contributed by atoms with E-state index in [1.165, 1.54) is 5.56 Å². The van der Waals surface area contributed by atoms with Crippen LogP contribution in [-0.2, 0) is 13.5 Å². The van der Waals surface area contributed by atoms with Crippen LogP contribution in [0.3, 0.4) is 0 Å². The van der Waals surface area contributed by atoms with Crippen molar-refractivity contribution in [2.24, 2.45) is 7.05 Å². The molecule has 0 atom stereocenters. The SMILES string of the molecule is CCc1ccc(OC)c(-c2nc(C#N)c(C)n2C)c1. The van der Waals surface area contributed by atoms with Crippen LogP contribution in [0.4, 0.5) is 0 Å². The van der Waals surface area contributed by atoms with E-state index >= 15 is 0 Å². The number of aryl methyl sites for hydroxylation is 1. The van der Waals surface area contributed by atoms with Gasteiger partial charge in [-0.05, 0) is 31.0 Å². The number of nitriles is 1. The van der Waals surface area contributed by atoms with Gasteiger partial charge in [0.25, 0.3) is 0 Å². The first-order valence-electron chi connectivity index (χ1n) is 6.23. The van der Waals surface area contributed by atoms with E-state index in [-0.39, 0.29) is 0 Å². The molecule has 2 rings (SSSR count). The third-order valence-corrected chi connectivity index (χ3v) is 3.40. The minimum absolute atomic E-state index is 0.460. The average Bonchev–Trinajstić information content (AvgIpc) is 2.74. The molecule has 2 aromatic rings. The molecule has 98 valence electrons. The fourth-order valence-electron chi connectivity index (χ4n) is 2.08. The Balaban J connectivity index is 2.67. The van der Waals surface area contributed by atoms with Gasteiger partial charge in [-0.3, -0.25) is 0 Å². The van der Waals surface area contributed by atoms with Crippen LogP contribution in [0, 0.1) is 18.3 Å². The summed E-state index contributed by atoms with van der Waals surface area (Å²) in [5, 5.41) is 9.07. The number of hydrogen-bond donors (Lipinski definition) is 0. The summed E-state index contributed by atoms with van der Waals surface area (Å²) >= 11 is 0. The molecule has 0 aliphatic heterocycles. The first kappa shape index (κ1) is 13.2. The lowest BCUT2D eigenvalue weighted by molar-refractivity contribution is 0.416. The second-order valence-electron chi connectivity index (χ2n) is 4.43. The molecule has 1 heterocycles. The van der Waals surface area contributed by atoms with Crippen LogP contribution in [0.2, 0.25) is 0 Å². The lowest BCUT2D eigenvalue weighted by Gasteiger charge is -2.10. The molecule has 0 bridgehead atoms. The Morgan fingerprint density at radius 1 is 1.42 bits per heavy atom. The van der Waals surface area contributed by atoms with E-state index in [0.717, 1.165) is 29.3 Å². The van der Waals surface area contributed by atoms with E-state index < -0.39 is 0 Å². The van der Waals surface area contributed by atoms with Crippen LogP contribution < -0.4 is 4.74 Å². The highest BCUT2D eigenvalue weighted by Crippen LogP contribution is 2.31. The third kappa shape index (κ3) is 2.19. The fraction of sp³-hybridized carbons (Fsp3) is 0.333. The van der Waals surface area contributed by atoms with E-state index in [1.807, 2.05) is 30.7 Å². The smallest absolute Gasteiger partial charge is 0.162 e. The van der Waals surface area contributed by atoms with Crippen LogP contribution in [0.25, 0.3) is 11.4 Å². The Hall–Kier alpha value is -2.28. The van der Waals surface area contributed by atoms with Gasteiger partial charge in [0.1, 0.15) is 17.6 Å². The molecule has 0 unspecified atom stereocenters. The van der Waals surface area contributed by atoms with E-state index in [1.54, 1.807) is 7.11 Å². The van der Waals surface area contributed by atoms with Gasteiger partial charge in [0.15, 0.2) is 5.69 Å². The topological polar surface area (TPSA) is 50.8 Å². The zero-order chi connectivity index (χ0) is 14.0. The number of benzene rings is 1. The summed E-state index contributed by atoms with van der Waals surface area (Å²) in [6.45, 7) is 4.00. The summed E-state index contributed by atoms with van der Waals surface area (Å²) in [7, 11) is 3.56. The molecule has 0 aliphatic rings. The van der Waals surface area contributed by atoms with E-state index in [9.17, 15) is 0 Å². The molecule has 19 heavy (non-hydrogen) atoms. The van der Waals surface area contributed by atoms with Crippen LogP contribution in [0.1, 0.15) is 23.9 Å². The predicted octanol–water partition coefficient (Wildman–Crippen LogP) is 2.84. The molecule has 0 radical (unpaired) electrons. The average molecular weight is 255 g/mol. The standard InChI is InChI=1S/C15H17N3O/c1-5-11-6-7-14(19-4)12(8-11)15-17-13(9-16)10(2)18(15)3/h6-8H,5H2,1-4H3. The molecule has 4 heteroatoms. The molecule has 0 spiro atoms. The van der Waals surface area contributed by atoms with Gasteiger partial charge in [0.05, 0.1) is 18.4 Å². The van der Waals surface area contributed by atoms with Crippen molar-refractivity contribution in [2.75, 3.05) is 7.11 Å². The van der Waals surface area contributed by atoms with E-state index in [2.05, 4.69) is 24.0 Å². The molecular formula is C15H17N3O. The van der Waals surface area contributed by atoms with Gasteiger partial charge < -0.3 is 9.30 Å². The Kier molecular flexibility index (Phi) is 3.57. The van der Waals surface area contributed by atoms with E-state index in [4.69, 9.17) is 10.00 Å². The van der Waals surface area contributed by atoms with Crippen molar-refractivity contribution in [1.82, 2.24) is 9.55 Å². The maximum atomic E-state index is 9.07. The molecule has 0 N–H and O–H groups in total. The van der Waals surface area contributed by atoms with Crippen molar-refractivity contribution in [3.8, 4) is 23.2 Å². The molecule has 0 amide bonds. The number of ether oxygens (including phenoxy) is 1. The maximum absolute atomic E-state index is 9.07. The van der Waals surface area contributed by atoms with Gasteiger partial charge in [0, 0.05) is 7.05 Å². The van der Waals surface area contributed by atoms with Crippen LogP contribution in [0.15, 0.2) is 18.2 Å². The van der Waals surface area contributed by atoms with Crippen molar-refractivity contribution in [3.63, 3.8) is 0 Å². The number of methoxy groups -OCH3 is 1. The first-order chi connectivity index (χ1) is 9.12. The number of imidazole rings is 1. The van der Waals surface area contributed by atoms with Crippen molar-refractivity contribution in [1.29, 1.82) is 5.26 Å². The number of nitrogens with zero attached hydrogens (tertiary/aromatic N) is 3. The second-order valence-corrected chi connectivity index (χ2v) is 4.43. The Bertz CT molecular complexity index is 650. The van der Waals surface area contributed by atoms with Gasteiger partial charge in [-0.2, -0.15) is 5.26 Å². The number of aromatic nitrogens is 2. The lowest BCUT2D eigenvalue weighted by atomic mass is 10.1. The van der Waals surface area contributed by atoms with Crippen molar-refractivity contribution < 1.29 is 4.74 Å². The van der Waals surface area contributed by atoms with Gasteiger partial charge in [-0.1, -0.05) is 13.0 Å². The van der Waals surface area contributed by atoms with Gasteiger partial charge in [-0.25, -0.2) is 4.98 Å². The quantitative estimate of drug-likeness (QED) is 0.847. The van der Waals surface area contributed by atoms with Crippen molar-refractivity contribution >= 4 is 0 Å². The minimum atomic E-state index is 0.460. The highest BCUT2D eigenvalue weighted by molar-refractivity contribution is 5.67. The number of rotatable bonds is 3. The predicted molar refractivity (Wildman–Crippen MR) is 74.0 cm³/mol. The molecule has 0 saturated carbocycles. The highest BCUT2D eigenvalue weighted by Gasteiger charge is 2.16. The summed E-state index contributed by atoms with van der Waals surface area (Å²) in [6, 6.07) is 8.18. The van der Waals surface area contributed by atoms with Gasteiger partial charge >= 0.3 is 0 Å². The van der Waals surface area contributed by atoms with Gasteiger partial charge in [-0.15, -0.1) is 0 Å². The zero-order valence-corrected chi connectivity index (χ0v) is 11.7. The summed E-state index contributed by atoms with van der Waals surface area (Å²) in [5.41, 5.74) is 3.46. The highest BCUT2D eigenvalue weighted by atomic mass is 16.5. The summed E-state index contributed by atoms with van der Waals surface area (Å²) in [6.07, 6.45) is 0.950.